The largest absolute Gasteiger partial charge is 0.417 e. The summed E-state index contributed by atoms with van der Waals surface area (Å²) in [6.07, 6.45) is -3.10. The van der Waals surface area contributed by atoms with Crippen molar-refractivity contribution in [3.05, 3.63) is 51.5 Å². The Morgan fingerprint density at radius 2 is 1.95 bits per heavy atom. The number of amides is 2. The van der Waals surface area contributed by atoms with Crippen molar-refractivity contribution in [2.45, 2.75) is 6.18 Å². The fourth-order valence-corrected chi connectivity index (χ4v) is 2.27. The Morgan fingerprint density at radius 3 is 2.55 bits per heavy atom. The van der Waals surface area contributed by atoms with Gasteiger partial charge in [-0.15, -0.1) is 11.3 Å². The summed E-state index contributed by atoms with van der Waals surface area (Å²) in [5.41, 5.74) is -1.93. The summed E-state index contributed by atoms with van der Waals surface area (Å²) in [7, 11) is 0. The molecule has 1 N–H and O–H groups in total. The first kappa shape index (κ1) is 15.7. The third kappa shape index (κ3) is 3.29. The molecule has 0 aliphatic carbocycles. The molecule has 2 amide bonds. The van der Waals surface area contributed by atoms with Gasteiger partial charge in [-0.1, -0.05) is 0 Å². The third-order valence-electron chi connectivity index (χ3n) is 2.54. The molecule has 112 valence electrons. The van der Waals surface area contributed by atoms with Crippen LogP contribution in [0.15, 0.2) is 30.6 Å². The molecule has 0 radical (unpaired) electrons. The Hall–Kier alpha value is -2.73. The first-order valence-electron chi connectivity index (χ1n) is 5.69. The van der Waals surface area contributed by atoms with E-state index in [2.05, 4.69) is 4.98 Å². The minimum absolute atomic E-state index is 0.0438. The van der Waals surface area contributed by atoms with Crippen LogP contribution in [0.3, 0.4) is 0 Å². The van der Waals surface area contributed by atoms with Crippen molar-refractivity contribution in [2.24, 2.45) is 0 Å². The molecule has 2 aromatic rings. The standard InChI is InChI=1S/C13H6F3N3O2S/c14-13(15,16)9-3-4-18-6-8(9)11(20)19-12(21)10-2-1-7(5-17)22-10/h1-4,6H,(H,19,20,21). The number of nitriles is 1. The number of carbonyl (C=O) groups excluding carboxylic acids is 2. The van der Waals surface area contributed by atoms with Crippen LogP contribution < -0.4 is 5.32 Å². The number of imide groups is 1. The number of hydrogen-bond acceptors (Lipinski definition) is 5. The molecule has 0 aromatic carbocycles. The summed E-state index contributed by atoms with van der Waals surface area (Å²) in [5, 5.41) is 10.5. The summed E-state index contributed by atoms with van der Waals surface area (Å²) in [5.74, 6) is -2.09. The van der Waals surface area contributed by atoms with Crippen molar-refractivity contribution in [1.82, 2.24) is 10.3 Å². The Bertz CT molecular complexity index is 777. The average Bonchev–Trinajstić information content (AvgIpc) is 2.95. The summed E-state index contributed by atoms with van der Waals surface area (Å²) >= 11 is 0.825. The predicted molar refractivity (Wildman–Crippen MR) is 70.1 cm³/mol. The topological polar surface area (TPSA) is 82.9 Å². The summed E-state index contributed by atoms with van der Waals surface area (Å²) in [6.45, 7) is 0. The van der Waals surface area contributed by atoms with Crippen molar-refractivity contribution in [2.75, 3.05) is 0 Å². The second-order valence-electron chi connectivity index (χ2n) is 3.98. The van der Waals surface area contributed by atoms with E-state index in [0.717, 1.165) is 23.7 Å². The minimum atomic E-state index is -4.74. The van der Waals surface area contributed by atoms with Crippen molar-refractivity contribution < 1.29 is 22.8 Å². The average molecular weight is 325 g/mol. The number of nitrogens with one attached hydrogen (secondary N) is 1. The highest BCUT2D eigenvalue weighted by atomic mass is 32.1. The number of halogens is 3. The number of carbonyl (C=O) groups is 2. The highest BCUT2D eigenvalue weighted by molar-refractivity contribution is 7.14. The fourth-order valence-electron chi connectivity index (χ4n) is 1.57. The first-order valence-corrected chi connectivity index (χ1v) is 6.51. The molecule has 2 aromatic heterocycles. The van der Waals surface area contributed by atoms with Gasteiger partial charge in [-0.3, -0.25) is 19.9 Å². The van der Waals surface area contributed by atoms with E-state index in [0.29, 0.717) is 6.07 Å². The van der Waals surface area contributed by atoms with Gasteiger partial charge in [-0.25, -0.2) is 0 Å². The zero-order valence-corrected chi connectivity index (χ0v) is 11.5. The Kier molecular flexibility index (Phi) is 4.23. The lowest BCUT2D eigenvalue weighted by atomic mass is 10.1. The quantitative estimate of drug-likeness (QED) is 0.860. The van der Waals surface area contributed by atoms with Crippen LogP contribution in [0.4, 0.5) is 13.2 Å². The third-order valence-corrected chi connectivity index (χ3v) is 3.53. The molecule has 0 saturated heterocycles. The first-order chi connectivity index (χ1) is 10.3. The number of thiophene rings is 1. The molecule has 9 heteroatoms. The van der Waals surface area contributed by atoms with Gasteiger partial charge in [0, 0.05) is 12.4 Å². The molecular formula is C13H6F3N3O2S. The minimum Gasteiger partial charge on any atom is -0.287 e. The summed E-state index contributed by atoms with van der Waals surface area (Å²) < 4.78 is 38.4. The van der Waals surface area contributed by atoms with Gasteiger partial charge in [-0.2, -0.15) is 18.4 Å². The lowest BCUT2D eigenvalue weighted by Gasteiger charge is -2.11. The summed E-state index contributed by atoms with van der Waals surface area (Å²) in [6, 6.07) is 5.14. The van der Waals surface area contributed by atoms with Crippen LogP contribution in [-0.4, -0.2) is 16.8 Å². The number of nitrogens with zero attached hydrogens (tertiary/aromatic N) is 2. The number of hydrogen-bond donors (Lipinski definition) is 1. The maximum Gasteiger partial charge on any atom is 0.417 e. The molecule has 22 heavy (non-hydrogen) atoms. The number of pyridine rings is 1. The number of rotatable bonds is 2. The van der Waals surface area contributed by atoms with E-state index >= 15 is 0 Å². The molecule has 0 aliphatic heterocycles. The molecular weight excluding hydrogens is 319 g/mol. The van der Waals surface area contributed by atoms with Gasteiger partial charge in [0.2, 0.25) is 0 Å². The highest BCUT2D eigenvalue weighted by Crippen LogP contribution is 2.31. The van der Waals surface area contributed by atoms with Crippen LogP contribution in [0.1, 0.15) is 30.5 Å². The molecule has 0 atom stereocenters. The van der Waals surface area contributed by atoms with Crippen LogP contribution in [-0.2, 0) is 6.18 Å². The molecule has 0 spiro atoms. The van der Waals surface area contributed by atoms with Gasteiger partial charge in [-0.05, 0) is 18.2 Å². The maximum absolute atomic E-state index is 12.8. The van der Waals surface area contributed by atoms with E-state index in [9.17, 15) is 22.8 Å². The SMILES string of the molecule is N#Cc1ccc(C(=O)NC(=O)c2cnccc2C(F)(F)F)s1. The van der Waals surface area contributed by atoms with Gasteiger partial charge in [0.1, 0.15) is 10.9 Å². The van der Waals surface area contributed by atoms with Gasteiger partial charge in [0.15, 0.2) is 0 Å². The molecule has 0 unspecified atom stereocenters. The van der Waals surface area contributed by atoms with Crippen LogP contribution in [0, 0.1) is 11.3 Å². The smallest absolute Gasteiger partial charge is 0.287 e. The van der Waals surface area contributed by atoms with Crippen LogP contribution >= 0.6 is 11.3 Å². The second-order valence-corrected chi connectivity index (χ2v) is 5.06. The van der Waals surface area contributed by atoms with Crippen LogP contribution in [0.5, 0.6) is 0 Å². The predicted octanol–water partition coefficient (Wildman–Crippen LogP) is 2.60. The van der Waals surface area contributed by atoms with Gasteiger partial charge in [0.25, 0.3) is 11.8 Å². The van der Waals surface area contributed by atoms with E-state index in [4.69, 9.17) is 5.26 Å². The van der Waals surface area contributed by atoms with E-state index in [1.54, 1.807) is 0 Å². The Balaban J connectivity index is 2.23. The number of alkyl halides is 3. The van der Waals surface area contributed by atoms with Crippen molar-refractivity contribution >= 4 is 23.2 Å². The zero-order chi connectivity index (χ0) is 16.3. The van der Waals surface area contributed by atoms with E-state index in [-0.39, 0.29) is 9.75 Å². The van der Waals surface area contributed by atoms with Crippen molar-refractivity contribution in [3.8, 4) is 6.07 Å². The fraction of sp³-hybridized carbons (Fsp3) is 0.0769. The van der Waals surface area contributed by atoms with E-state index < -0.39 is 29.1 Å². The molecule has 2 rings (SSSR count). The summed E-state index contributed by atoms with van der Waals surface area (Å²) in [4.78, 5) is 27.4. The van der Waals surface area contributed by atoms with Gasteiger partial charge < -0.3 is 0 Å². The lowest BCUT2D eigenvalue weighted by molar-refractivity contribution is -0.138. The molecule has 0 aliphatic rings. The van der Waals surface area contributed by atoms with Crippen LogP contribution in [0.2, 0.25) is 0 Å². The Morgan fingerprint density at radius 1 is 1.23 bits per heavy atom. The van der Waals surface area contributed by atoms with Gasteiger partial charge >= 0.3 is 6.18 Å². The van der Waals surface area contributed by atoms with E-state index in [1.807, 2.05) is 11.4 Å². The molecule has 0 saturated carbocycles. The number of aromatic nitrogens is 1. The highest BCUT2D eigenvalue weighted by Gasteiger charge is 2.35. The normalized spacial score (nSPS) is 10.8. The molecule has 5 nitrogen and oxygen atoms in total. The van der Waals surface area contributed by atoms with Crippen molar-refractivity contribution in [3.63, 3.8) is 0 Å². The van der Waals surface area contributed by atoms with Crippen molar-refractivity contribution in [1.29, 1.82) is 5.26 Å². The molecule has 0 bridgehead atoms. The monoisotopic (exact) mass is 325 g/mol. The molecule has 0 fully saturated rings. The second kappa shape index (κ2) is 5.95. The Labute approximate surface area is 126 Å². The lowest BCUT2D eigenvalue weighted by Crippen LogP contribution is -2.31. The van der Waals surface area contributed by atoms with Crippen LogP contribution in [0.25, 0.3) is 0 Å². The molecule has 2 heterocycles. The maximum atomic E-state index is 12.8. The zero-order valence-electron chi connectivity index (χ0n) is 10.6. The van der Waals surface area contributed by atoms with Gasteiger partial charge in [0.05, 0.1) is 16.0 Å². The van der Waals surface area contributed by atoms with E-state index in [1.165, 1.54) is 12.1 Å².